The fourth-order valence-corrected chi connectivity index (χ4v) is 1.31. The van der Waals surface area contributed by atoms with E-state index in [4.69, 9.17) is 9.47 Å². The largest absolute Gasteiger partial charge is 0.466 e. The van der Waals surface area contributed by atoms with Crippen molar-refractivity contribution in [2.24, 2.45) is 0 Å². The predicted octanol–water partition coefficient (Wildman–Crippen LogP) is -0.882. The third kappa shape index (κ3) is 5.44. The second-order valence-corrected chi connectivity index (χ2v) is 3.52. The summed E-state index contributed by atoms with van der Waals surface area (Å²) in [6.45, 7) is 1.79. The van der Waals surface area contributed by atoms with E-state index in [0.29, 0.717) is 19.7 Å². The molecule has 0 atom stereocenters. The van der Waals surface area contributed by atoms with Crippen molar-refractivity contribution in [1.82, 2.24) is 4.90 Å². The summed E-state index contributed by atoms with van der Waals surface area (Å²) in [5.41, 5.74) is 0. The van der Waals surface area contributed by atoms with Crippen molar-refractivity contribution in [2.45, 2.75) is 0 Å². The number of nitrogens with zero attached hydrogens (tertiary/aromatic N) is 1. The number of morpholine rings is 1. The maximum Gasteiger partial charge on any atom is 0.331 e. The molecule has 1 saturated heterocycles. The molecule has 7 heteroatoms. The molecule has 0 aromatic carbocycles. The minimum absolute atomic E-state index is 0.150. The summed E-state index contributed by atoms with van der Waals surface area (Å²) in [5, 5.41) is 0. The molecule has 100 valence electrons. The maximum absolute atomic E-state index is 11.1. The number of carbonyl (C=O) groups is 3. The van der Waals surface area contributed by atoms with E-state index < -0.39 is 11.9 Å². The Kier molecular flexibility index (Phi) is 5.86. The minimum Gasteiger partial charge on any atom is -0.466 e. The molecule has 0 amide bonds. The molecule has 0 spiro atoms. The zero-order chi connectivity index (χ0) is 13.4. The van der Waals surface area contributed by atoms with E-state index in [-0.39, 0.29) is 19.1 Å². The number of methoxy groups -OCH3 is 1. The lowest BCUT2D eigenvalue weighted by Crippen LogP contribution is -2.41. The molecule has 1 fully saturated rings. The van der Waals surface area contributed by atoms with Gasteiger partial charge in [-0.15, -0.1) is 0 Å². The Morgan fingerprint density at radius 2 is 2.11 bits per heavy atom. The topological polar surface area (TPSA) is 82.1 Å². The van der Waals surface area contributed by atoms with Gasteiger partial charge in [-0.2, -0.15) is 0 Å². The highest BCUT2D eigenvalue weighted by Gasteiger charge is 2.17. The van der Waals surface area contributed by atoms with Crippen LogP contribution in [0, 0.1) is 0 Å². The Labute approximate surface area is 104 Å². The standard InChI is InChI=1S/C11H15NO6/c1-16-9(13)2-3-10(14)17-6-4-12-5-7-18-11(15)8-12/h2-3H,4-8H2,1H3. The first-order valence-electron chi connectivity index (χ1n) is 5.42. The SMILES string of the molecule is COC(=O)C=CC(=O)OCCN1CCOC(=O)C1. The summed E-state index contributed by atoms with van der Waals surface area (Å²) in [4.78, 5) is 34.6. The van der Waals surface area contributed by atoms with E-state index in [0.717, 1.165) is 12.2 Å². The van der Waals surface area contributed by atoms with Crippen LogP contribution >= 0.6 is 0 Å². The molecule has 0 radical (unpaired) electrons. The van der Waals surface area contributed by atoms with Gasteiger partial charge in [0, 0.05) is 25.2 Å². The second kappa shape index (κ2) is 7.44. The lowest BCUT2D eigenvalue weighted by atomic mass is 10.4. The van der Waals surface area contributed by atoms with Crippen LogP contribution in [0.25, 0.3) is 0 Å². The van der Waals surface area contributed by atoms with Gasteiger partial charge >= 0.3 is 17.9 Å². The minimum atomic E-state index is -0.625. The fraction of sp³-hybridized carbons (Fsp3) is 0.545. The zero-order valence-corrected chi connectivity index (χ0v) is 10.1. The predicted molar refractivity (Wildman–Crippen MR) is 59.5 cm³/mol. The average Bonchev–Trinajstić information content (AvgIpc) is 2.36. The van der Waals surface area contributed by atoms with Gasteiger partial charge in [-0.3, -0.25) is 9.69 Å². The van der Waals surface area contributed by atoms with E-state index in [1.165, 1.54) is 7.11 Å². The quantitative estimate of drug-likeness (QED) is 0.359. The van der Waals surface area contributed by atoms with Crippen molar-refractivity contribution in [3.8, 4) is 0 Å². The van der Waals surface area contributed by atoms with Crippen molar-refractivity contribution in [3.63, 3.8) is 0 Å². The van der Waals surface area contributed by atoms with Crippen molar-refractivity contribution < 1.29 is 28.6 Å². The van der Waals surface area contributed by atoms with Crippen LogP contribution in [0.4, 0.5) is 0 Å². The summed E-state index contributed by atoms with van der Waals surface area (Å²) >= 11 is 0. The Bertz CT molecular complexity index is 351. The number of ether oxygens (including phenoxy) is 3. The van der Waals surface area contributed by atoms with E-state index in [1.54, 1.807) is 0 Å². The zero-order valence-electron chi connectivity index (χ0n) is 10.1. The summed E-state index contributed by atoms with van der Waals surface area (Å²) in [5.74, 6) is -1.52. The number of hydrogen-bond acceptors (Lipinski definition) is 7. The molecule has 18 heavy (non-hydrogen) atoms. The average molecular weight is 257 g/mol. The molecule has 0 aliphatic carbocycles. The molecule has 0 N–H and O–H groups in total. The first kappa shape index (κ1) is 14.2. The first-order chi connectivity index (χ1) is 8.61. The van der Waals surface area contributed by atoms with Crippen LogP contribution in [0.2, 0.25) is 0 Å². The van der Waals surface area contributed by atoms with Gasteiger partial charge in [-0.1, -0.05) is 0 Å². The molecule has 1 aliphatic heterocycles. The van der Waals surface area contributed by atoms with Crippen LogP contribution in [0.3, 0.4) is 0 Å². The summed E-state index contributed by atoms with van der Waals surface area (Å²) in [7, 11) is 1.22. The molecular weight excluding hydrogens is 242 g/mol. The van der Waals surface area contributed by atoms with Gasteiger partial charge in [0.15, 0.2) is 0 Å². The van der Waals surface area contributed by atoms with Gasteiger partial charge in [-0.05, 0) is 0 Å². The summed E-state index contributed by atoms with van der Waals surface area (Å²) in [6.07, 6.45) is 1.98. The lowest BCUT2D eigenvalue weighted by Gasteiger charge is -2.24. The molecule has 0 saturated carbocycles. The van der Waals surface area contributed by atoms with Crippen molar-refractivity contribution in [3.05, 3.63) is 12.2 Å². The van der Waals surface area contributed by atoms with E-state index in [1.807, 2.05) is 4.90 Å². The summed E-state index contributed by atoms with van der Waals surface area (Å²) in [6, 6.07) is 0. The van der Waals surface area contributed by atoms with Gasteiger partial charge < -0.3 is 14.2 Å². The van der Waals surface area contributed by atoms with Crippen molar-refractivity contribution in [2.75, 3.05) is 40.0 Å². The monoisotopic (exact) mass is 257 g/mol. The molecule has 7 nitrogen and oxygen atoms in total. The van der Waals surface area contributed by atoms with E-state index >= 15 is 0 Å². The molecular formula is C11H15NO6. The van der Waals surface area contributed by atoms with Crippen LogP contribution in [0.15, 0.2) is 12.2 Å². The van der Waals surface area contributed by atoms with E-state index in [2.05, 4.69) is 4.74 Å². The number of carbonyl (C=O) groups excluding carboxylic acids is 3. The third-order valence-electron chi connectivity index (χ3n) is 2.23. The van der Waals surface area contributed by atoms with Crippen LogP contribution in [-0.2, 0) is 28.6 Å². The highest BCUT2D eigenvalue weighted by molar-refractivity contribution is 5.91. The van der Waals surface area contributed by atoms with Gasteiger partial charge in [0.05, 0.1) is 13.7 Å². The number of esters is 3. The summed E-state index contributed by atoms with van der Waals surface area (Å²) < 4.78 is 13.9. The third-order valence-corrected chi connectivity index (χ3v) is 2.23. The maximum atomic E-state index is 11.1. The van der Waals surface area contributed by atoms with Gasteiger partial charge in [0.1, 0.15) is 13.2 Å². The smallest absolute Gasteiger partial charge is 0.331 e. The molecule has 0 bridgehead atoms. The number of cyclic esters (lactones) is 1. The molecule has 0 aromatic rings. The van der Waals surface area contributed by atoms with Gasteiger partial charge in [-0.25, -0.2) is 9.59 Å². The second-order valence-electron chi connectivity index (χ2n) is 3.52. The van der Waals surface area contributed by atoms with Crippen LogP contribution in [0.1, 0.15) is 0 Å². The Morgan fingerprint density at radius 1 is 1.39 bits per heavy atom. The normalized spacial score (nSPS) is 16.4. The lowest BCUT2D eigenvalue weighted by molar-refractivity contribution is -0.151. The molecule has 0 unspecified atom stereocenters. The Morgan fingerprint density at radius 3 is 2.78 bits per heavy atom. The molecule has 0 aromatic heterocycles. The van der Waals surface area contributed by atoms with Crippen LogP contribution in [-0.4, -0.2) is 62.8 Å². The van der Waals surface area contributed by atoms with Crippen LogP contribution in [0.5, 0.6) is 0 Å². The highest BCUT2D eigenvalue weighted by Crippen LogP contribution is 1.97. The molecule has 1 aliphatic rings. The highest BCUT2D eigenvalue weighted by atomic mass is 16.5. The van der Waals surface area contributed by atoms with Gasteiger partial charge in [0.25, 0.3) is 0 Å². The fourth-order valence-electron chi connectivity index (χ4n) is 1.31. The van der Waals surface area contributed by atoms with Gasteiger partial charge in [0.2, 0.25) is 0 Å². The number of rotatable bonds is 5. The Hall–Kier alpha value is -1.89. The molecule has 1 rings (SSSR count). The van der Waals surface area contributed by atoms with Crippen molar-refractivity contribution in [1.29, 1.82) is 0 Å². The van der Waals surface area contributed by atoms with Crippen LogP contribution < -0.4 is 0 Å². The van der Waals surface area contributed by atoms with E-state index in [9.17, 15) is 14.4 Å². The Balaban J connectivity index is 2.17. The first-order valence-corrected chi connectivity index (χ1v) is 5.42. The van der Waals surface area contributed by atoms with Crippen molar-refractivity contribution >= 4 is 17.9 Å². The number of hydrogen-bond donors (Lipinski definition) is 0. The molecule has 1 heterocycles.